The van der Waals surface area contributed by atoms with Gasteiger partial charge in [0.15, 0.2) is 0 Å². The molecule has 2 unspecified atom stereocenters. The molecule has 1 N–H and O–H groups in total. The van der Waals surface area contributed by atoms with E-state index in [2.05, 4.69) is 30.4 Å². The van der Waals surface area contributed by atoms with Crippen LogP contribution < -0.4 is 5.32 Å². The van der Waals surface area contributed by atoms with E-state index in [-0.39, 0.29) is 0 Å². The van der Waals surface area contributed by atoms with Gasteiger partial charge in [-0.2, -0.15) is 0 Å². The van der Waals surface area contributed by atoms with Crippen LogP contribution in [-0.4, -0.2) is 6.54 Å². The molecule has 0 radical (unpaired) electrons. The van der Waals surface area contributed by atoms with Crippen molar-refractivity contribution in [3.05, 3.63) is 29.3 Å². The standard InChI is InChI=1S/C17H25N/c1-2-13-7-3-4-8-14(13)15-9-5-11-17-16(15)10-6-12-18-17/h5,9,11,13-14,18H,2-4,6-8,10,12H2,1H3. The molecular weight excluding hydrogens is 218 g/mol. The molecule has 18 heavy (non-hydrogen) atoms. The molecule has 1 heterocycles. The molecule has 0 amide bonds. The van der Waals surface area contributed by atoms with E-state index in [9.17, 15) is 0 Å². The lowest BCUT2D eigenvalue weighted by atomic mass is 9.72. The Hall–Kier alpha value is -0.980. The van der Waals surface area contributed by atoms with Gasteiger partial charge in [0.25, 0.3) is 0 Å². The van der Waals surface area contributed by atoms with E-state index < -0.39 is 0 Å². The lowest BCUT2D eigenvalue weighted by Gasteiger charge is -2.34. The molecule has 0 bridgehead atoms. The molecule has 1 aromatic rings. The normalized spacial score (nSPS) is 27.4. The lowest BCUT2D eigenvalue weighted by Crippen LogP contribution is -2.21. The van der Waals surface area contributed by atoms with Gasteiger partial charge in [0.05, 0.1) is 0 Å². The molecule has 1 saturated carbocycles. The van der Waals surface area contributed by atoms with Gasteiger partial charge in [0.2, 0.25) is 0 Å². The van der Waals surface area contributed by atoms with Crippen molar-refractivity contribution < 1.29 is 0 Å². The number of benzene rings is 1. The maximum absolute atomic E-state index is 3.57. The van der Waals surface area contributed by atoms with Crippen LogP contribution in [0.2, 0.25) is 0 Å². The Morgan fingerprint density at radius 2 is 2.06 bits per heavy atom. The smallest absolute Gasteiger partial charge is 0.0375 e. The Morgan fingerprint density at radius 1 is 1.17 bits per heavy atom. The van der Waals surface area contributed by atoms with Gasteiger partial charge in [-0.1, -0.05) is 38.3 Å². The van der Waals surface area contributed by atoms with Crippen LogP contribution in [0.1, 0.15) is 62.5 Å². The summed E-state index contributed by atoms with van der Waals surface area (Å²) in [5.74, 6) is 1.76. The summed E-state index contributed by atoms with van der Waals surface area (Å²) in [5.41, 5.74) is 4.72. The van der Waals surface area contributed by atoms with Gasteiger partial charge in [-0.3, -0.25) is 0 Å². The third-order valence-corrected chi connectivity index (χ3v) is 4.96. The Balaban J connectivity index is 1.95. The molecule has 0 saturated heterocycles. The van der Waals surface area contributed by atoms with Crippen LogP contribution in [0.3, 0.4) is 0 Å². The van der Waals surface area contributed by atoms with E-state index in [1.807, 2.05) is 0 Å². The maximum Gasteiger partial charge on any atom is 0.0375 e. The van der Waals surface area contributed by atoms with Crippen molar-refractivity contribution in [3.8, 4) is 0 Å². The summed E-state index contributed by atoms with van der Waals surface area (Å²) in [7, 11) is 0. The first kappa shape index (κ1) is 12.1. The van der Waals surface area contributed by atoms with Crippen LogP contribution >= 0.6 is 0 Å². The second kappa shape index (κ2) is 5.34. The van der Waals surface area contributed by atoms with Gasteiger partial charge in [-0.25, -0.2) is 0 Å². The second-order valence-electron chi connectivity index (χ2n) is 5.96. The second-order valence-corrected chi connectivity index (χ2v) is 5.96. The van der Waals surface area contributed by atoms with E-state index in [0.29, 0.717) is 0 Å². The molecule has 1 heteroatoms. The van der Waals surface area contributed by atoms with Gasteiger partial charge in [0, 0.05) is 12.2 Å². The van der Waals surface area contributed by atoms with E-state index in [1.54, 1.807) is 11.1 Å². The fourth-order valence-electron chi connectivity index (χ4n) is 3.99. The molecule has 1 aliphatic carbocycles. The number of rotatable bonds is 2. The minimum absolute atomic E-state index is 0.832. The molecular formula is C17H25N. The summed E-state index contributed by atoms with van der Waals surface area (Å²) in [6.07, 6.45) is 9.66. The Bertz CT molecular complexity index is 410. The SMILES string of the molecule is CCC1CCCCC1c1cccc2c1CCCN2. The van der Waals surface area contributed by atoms with Crippen molar-refractivity contribution in [1.82, 2.24) is 0 Å². The minimum Gasteiger partial charge on any atom is -0.385 e. The number of nitrogens with one attached hydrogen (secondary N) is 1. The summed E-state index contributed by atoms with van der Waals surface area (Å²) in [6.45, 7) is 3.52. The van der Waals surface area contributed by atoms with Crippen molar-refractivity contribution in [3.63, 3.8) is 0 Å². The molecule has 0 aromatic heterocycles. The molecule has 2 aliphatic rings. The van der Waals surface area contributed by atoms with Gasteiger partial charge in [0.1, 0.15) is 0 Å². The highest BCUT2D eigenvalue weighted by molar-refractivity contribution is 5.57. The largest absolute Gasteiger partial charge is 0.385 e. The van der Waals surface area contributed by atoms with E-state index >= 15 is 0 Å². The van der Waals surface area contributed by atoms with Crippen molar-refractivity contribution in [2.45, 2.75) is 57.8 Å². The highest BCUT2D eigenvalue weighted by Crippen LogP contribution is 2.42. The molecule has 3 rings (SSSR count). The van der Waals surface area contributed by atoms with Gasteiger partial charge >= 0.3 is 0 Å². The third kappa shape index (κ3) is 2.15. The predicted molar refractivity (Wildman–Crippen MR) is 78.2 cm³/mol. The summed E-state index contributed by atoms with van der Waals surface area (Å²) in [6, 6.07) is 6.93. The lowest BCUT2D eigenvalue weighted by molar-refractivity contribution is 0.298. The van der Waals surface area contributed by atoms with Crippen molar-refractivity contribution in [2.75, 3.05) is 11.9 Å². The minimum atomic E-state index is 0.832. The maximum atomic E-state index is 3.57. The number of hydrogen-bond acceptors (Lipinski definition) is 1. The van der Waals surface area contributed by atoms with Crippen LogP contribution in [0.4, 0.5) is 5.69 Å². The Kier molecular flexibility index (Phi) is 3.58. The van der Waals surface area contributed by atoms with Crippen LogP contribution in [0.5, 0.6) is 0 Å². The highest BCUT2D eigenvalue weighted by Gasteiger charge is 2.27. The van der Waals surface area contributed by atoms with Crippen molar-refractivity contribution in [1.29, 1.82) is 0 Å². The number of anilines is 1. The van der Waals surface area contributed by atoms with E-state index in [1.165, 1.54) is 50.6 Å². The molecule has 98 valence electrons. The summed E-state index contributed by atoms with van der Waals surface area (Å²) in [5, 5.41) is 3.57. The van der Waals surface area contributed by atoms with E-state index in [4.69, 9.17) is 0 Å². The molecule has 1 aromatic carbocycles. The Morgan fingerprint density at radius 3 is 2.94 bits per heavy atom. The van der Waals surface area contributed by atoms with Gasteiger partial charge < -0.3 is 5.32 Å². The van der Waals surface area contributed by atoms with Crippen LogP contribution in [0, 0.1) is 5.92 Å². The molecule has 2 atom stereocenters. The highest BCUT2D eigenvalue weighted by atomic mass is 14.9. The molecule has 0 spiro atoms. The fourth-order valence-corrected chi connectivity index (χ4v) is 3.99. The Labute approximate surface area is 111 Å². The first-order valence-corrected chi connectivity index (χ1v) is 7.75. The van der Waals surface area contributed by atoms with Crippen LogP contribution in [0.25, 0.3) is 0 Å². The summed E-state index contributed by atoms with van der Waals surface area (Å²) >= 11 is 0. The molecule has 1 nitrogen and oxygen atoms in total. The van der Waals surface area contributed by atoms with Crippen molar-refractivity contribution >= 4 is 5.69 Å². The topological polar surface area (TPSA) is 12.0 Å². The van der Waals surface area contributed by atoms with Gasteiger partial charge in [-0.05, 0) is 54.7 Å². The quantitative estimate of drug-likeness (QED) is 0.792. The summed E-state index contributed by atoms with van der Waals surface area (Å²) in [4.78, 5) is 0. The first-order chi connectivity index (χ1) is 8.90. The first-order valence-electron chi connectivity index (χ1n) is 7.75. The molecule has 1 aliphatic heterocycles. The third-order valence-electron chi connectivity index (χ3n) is 4.96. The fraction of sp³-hybridized carbons (Fsp3) is 0.647. The van der Waals surface area contributed by atoms with Crippen LogP contribution in [0.15, 0.2) is 18.2 Å². The zero-order valence-corrected chi connectivity index (χ0v) is 11.5. The number of fused-ring (bicyclic) bond motifs is 1. The van der Waals surface area contributed by atoms with Gasteiger partial charge in [-0.15, -0.1) is 0 Å². The average Bonchev–Trinajstić information content (AvgIpc) is 2.46. The zero-order valence-electron chi connectivity index (χ0n) is 11.5. The van der Waals surface area contributed by atoms with Crippen LogP contribution in [-0.2, 0) is 6.42 Å². The predicted octanol–water partition coefficient (Wildman–Crippen LogP) is 4.73. The van der Waals surface area contributed by atoms with E-state index in [0.717, 1.165) is 18.4 Å². The monoisotopic (exact) mass is 243 g/mol. The average molecular weight is 243 g/mol. The number of hydrogen-bond donors (Lipinski definition) is 1. The molecule has 1 fully saturated rings. The summed E-state index contributed by atoms with van der Waals surface area (Å²) < 4.78 is 0. The van der Waals surface area contributed by atoms with Crippen molar-refractivity contribution in [2.24, 2.45) is 5.92 Å². The zero-order chi connectivity index (χ0) is 12.4.